The molecule has 0 saturated heterocycles. The third-order valence-electron chi connectivity index (χ3n) is 14.2. The number of para-hydroxylation sites is 2. The lowest BCUT2D eigenvalue weighted by Crippen LogP contribution is -2.08. The van der Waals surface area contributed by atoms with Crippen LogP contribution in [0.5, 0.6) is 0 Å². The van der Waals surface area contributed by atoms with Gasteiger partial charge in [-0.05, 0) is 96.8 Å². The fraction of sp³-hybridized carbons (Fsp3) is 0.0455. The largest absolute Gasteiger partial charge is 0.416 e. The highest BCUT2D eigenvalue weighted by atomic mass is 19.4. The maximum atomic E-state index is 15.3. The number of fused-ring (bicyclic) bond motifs is 6. The van der Waals surface area contributed by atoms with E-state index in [0.29, 0.717) is 45.5 Å². The van der Waals surface area contributed by atoms with Crippen molar-refractivity contribution in [1.29, 1.82) is 0 Å². The quantitative estimate of drug-likeness (QED) is 0.152. The Labute approximate surface area is 425 Å². The molecule has 0 radical (unpaired) electrons. The van der Waals surface area contributed by atoms with Crippen LogP contribution in [0.2, 0.25) is 0 Å². The molecule has 74 heavy (non-hydrogen) atoms. The minimum absolute atomic E-state index is 0.402. The molecule has 0 unspecified atom stereocenters. The van der Waals surface area contributed by atoms with Gasteiger partial charge in [0, 0.05) is 49.4 Å². The van der Waals surface area contributed by atoms with E-state index in [1.165, 1.54) is 23.3 Å². The fourth-order valence-corrected chi connectivity index (χ4v) is 10.5. The van der Waals surface area contributed by atoms with E-state index in [0.717, 1.165) is 77.0 Å². The molecule has 0 bridgehead atoms. The van der Waals surface area contributed by atoms with E-state index in [4.69, 9.17) is 15.0 Å². The zero-order valence-electron chi connectivity index (χ0n) is 40.3. The van der Waals surface area contributed by atoms with Crippen LogP contribution in [0.25, 0.3) is 123 Å². The molecule has 0 fully saturated rings. The molecule has 0 aliphatic rings. The van der Waals surface area contributed by atoms with Crippen LogP contribution in [-0.4, -0.2) is 24.1 Å². The smallest absolute Gasteiger partial charge is 0.309 e. The summed E-state index contributed by atoms with van der Waals surface area (Å²) in [7, 11) is 0. The van der Waals surface area contributed by atoms with Crippen molar-refractivity contribution in [1.82, 2.24) is 24.1 Å². The number of hydrogen-bond acceptors (Lipinski definition) is 3. The van der Waals surface area contributed by atoms with Crippen molar-refractivity contribution in [3.63, 3.8) is 0 Å². The zero-order valence-corrected chi connectivity index (χ0v) is 40.3. The number of aromatic nitrogens is 5. The van der Waals surface area contributed by atoms with E-state index in [2.05, 4.69) is 126 Å². The Kier molecular flexibility index (Phi) is 10.7. The molecule has 354 valence electrons. The molecule has 0 aliphatic heterocycles. The lowest BCUT2D eigenvalue weighted by molar-refractivity contribution is -0.137. The van der Waals surface area contributed by atoms with Crippen LogP contribution in [0.3, 0.4) is 0 Å². The first kappa shape index (κ1) is 44.5. The van der Waals surface area contributed by atoms with E-state index < -0.39 is 11.7 Å². The van der Waals surface area contributed by atoms with E-state index in [9.17, 15) is 0 Å². The van der Waals surface area contributed by atoms with Crippen molar-refractivity contribution in [2.24, 2.45) is 0 Å². The molecule has 0 spiro atoms. The van der Waals surface area contributed by atoms with Gasteiger partial charge in [-0.3, -0.25) is 0 Å². The van der Waals surface area contributed by atoms with E-state index in [1.54, 1.807) is 6.07 Å². The van der Waals surface area contributed by atoms with Crippen LogP contribution in [0, 0.1) is 13.8 Å². The average molecular weight is 964 g/mol. The summed E-state index contributed by atoms with van der Waals surface area (Å²) in [4.78, 5) is 15.2. The minimum Gasteiger partial charge on any atom is -0.309 e. The van der Waals surface area contributed by atoms with Gasteiger partial charge in [0.2, 0.25) is 0 Å². The molecule has 8 heteroatoms. The summed E-state index contributed by atoms with van der Waals surface area (Å²) in [5, 5.41) is 3.98. The first-order valence-electron chi connectivity index (χ1n) is 24.6. The minimum atomic E-state index is -4.64. The van der Waals surface area contributed by atoms with Gasteiger partial charge in [0.25, 0.3) is 0 Å². The fourth-order valence-electron chi connectivity index (χ4n) is 10.5. The highest BCUT2D eigenvalue weighted by Gasteiger charge is 2.32. The molecular formula is C66H44F3N5. The van der Waals surface area contributed by atoms with Crippen LogP contribution in [0.4, 0.5) is 13.2 Å². The van der Waals surface area contributed by atoms with Crippen LogP contribution in [0.1, 0.15) is 16.7 Å². The van der Waals surface area contributed by atoms with Gasteiger partial charge in [-0.1, -0.05) is 181 Å². The second-order valence-electron chi connectivity index (χ2n) is 18.9. The SMILES string of the molecule is Cc1ccc(-c2ccc3c(c2)c2ccccc2n3-c2ccc(C(F)(F)F)cc2-c2ccc(-c3nc(-c4ccccc4)nc(-c4ccccc4)n3)cc2-n2c3ccccc3c3cc(-c4ccc(C)cc4)ccc32)cc1. The van der Waals surface area contributed by atoms with Crippen molar-refractivity contribution in [3.8, 4) is 78.9 Å². The third kappa shape index (κ3) is 7.79. The molecule has 0 amide bonds. The normalized spacial score (nSPS) is 11.9. The Hall–Kier alpha value is -9.40. The average Bonchev–Trinajstić information content (AvgIpc) is 3.95. The molecule has 10 aromatic carbocycles. The van der Waals surface area contributed by atoms with Crippen LogP contribution in [-0.2, 0) is 6.18 Å². The van der Waals surface area contributed by atoms with Gasteiger partial charge in [0.15, 0.2) is 17.5 Å². The Morgan fingerprint density at radius 1 is 0.311 bits per heavy atom. The van der Waals surface area contributed by atoms with E-state index in [-0.39, 0.29) is 0 Å². The van der Waals surface area contributed by atoms with Gasteiger partial charge < -0.3 is 9.13 Å². The molecule has 5 nitrogen and oxygen atoms in total. The van der Waals surface area contributed by atoms with Crippen LogP contribution in [0.15, 0.2) is 231 Å². The van der Waals surface area contributed by atoms with Gasteiger partial charge in [0.05, 0.1) is 39.0 Å². The summed E-state index contributed by atoms with van der Waals surface area (Å²) in [5.74, 6) is 1.42. The van der Waals surface area contributed by atoms with Crippen LogP contribution < -0.4 is 0 Å². The molecule has 0 saturated carbocycles. The molecule has 3 heterocycles. The maximum absolute atomic E-state index is 15.3. The third-order valence-corrected chi connectivity index (χ3v) is 14.2. The predicted octanol–water partition coefficient (Wildman–Crippen LogP) is 17.7. The number of rotatable bonds is 8. The van der Waals surface area contributed by atoms with Gasteiger partial charge in [-0.15, -0.1) is 0 Å². The summed E-state index contributed by atoms with van der Waals surface area (Å²) in [6, 6.07) is 75.7. The summed E-state index contributed by atoms with van der Waals surface area (Å²) in [6.45, 7) is 4.15. The number of nitrogens with zero attached hydrogens (tertiary/aromatic N) is 5. The topological polar surface area (TPSA) is 48.5 Å². The molecule has 0 N–H and O–H groups in total. The Bertz CT molecular complexity index is 4230. The maximum Gasteiger partial charge on any atom is 0.416 e. The first-order valence-corrected chi connectivity index (χ1v) is 24.6. The lowest BCUT2D eigenvalue weighted by atomic mass is 9.96. The number of aryl methyl sites for hydroxylation is 2. The van der Waals surface area contributed by atoms with Crippen molar-refractivity contribution < 1.29 is 13.2 Å². The van der Waals surface area contributed by atoms with Crippen LogP contribution >= 0.6 is 0 Å². The standard InChI is InChI=1S/C66H44F3N5/c1-41-21-25-43(26-22-41)47-30-34-59-54(37-47)51-17-9-11-19-57(51)73(59)61-36-32-50(66(67,68)69)40-56(61)53-33-29-49(65-71-63(45-13-5-3-6-14-45)70-64(72-65)46-15-7-4-8-16-46)39-62(53)74-58-20-12-10-18-52(58)55-38-48(31-35-60(55)74)44-27-23-42(2)24-28-44/h3-40H,1-2H3. The zero-order chi connectivity index (χ0) is 50.1. The van der Waals surface area contributed by atoms with Gasteiger partial charge >= 0.3 is 6.18 Å². The lowest BCUT2D eigenvalue weighted by Gasteiger charge is -2.21. The molecule has 13 aromatic rings. The van der Waals surface area contributed by atoms with Gasteiger partial charge in [-0.2, -0.15) is 13.2 Å². The molecule has 3 aromatic heterocycles. The molecule has 13 rings (SSSR count). The van der Waals surface area contributed by atoms with Crippen molar-refractivity contribution in [2.75, 3.05) is 0 Å². The number of alkyl halides is 3. The second-order valence-corrected chi connectivity index (χ2v) is 18.9. The van der Waals surface area contributed by atoms with Gasteiger partial charge in [0.1, 0.15) is 0 Å². The molecule has 0 atom stereocenters. The second kappa shape index (κ2) is 17.7. The Morgan fingerprint density at radius 3 is 1.23 bits per heavy atom. The number of hydrogen-bond donors (Lipinski definition) is 0. The summed E-state index contributed by atoms with van der Waals surface area (Å²) < 4.78 is 50.2. The van der Waals surface area contributed by atoms with E-state index in [1.807, 2.05) is 109 Å². The van der Waals surface area contributed by atoms with E-state index >= 15 is 13.2 Å². The summed E-state index contributed by atoms with van der Waals surface area (Å²) in [6.07, 6.45) is -4.64. The van der Waals surface area contributed by atoms with Crippen molar-refractivity contribution in [3.05, 3.63) is 247 Å². The number of benzene rings is 10. The molecular weight excluding hydrogens is 920 g/mol. The van der Waals surface area contributed by atoms with Crippen molar-refractivity contribution >= 4 is 43.6 Å². The van der Waals surface area contributed by atoms with Gasteiger partial charge in [-0.25, -0.2) is 15.0 Å². The first-order chi connectivity index (χ1) is 36.1. The summed E-state index contributed by atoms with van der Waals surface area (Å²) in [5.41, 5.74) is 13.9. The number of halogens is 3. The molecule has 0 aliphatic carbocycles. The monoisotopic (exact) mass is 963 g/mol. The Balaban J connectivity index is 1.11. The highest BCUT2D eigenvalue weighted by Crippen LogP contribution is 2.45. The summed E-state index contributed by atoms with van der Waals surface area (Å²) >= 11 is 0. The Morgan fingerprint density at radius 2 is 0.730 bits per heavy atom. The highest BCUT2D eigenvalue weighted by molar-refractivity contribution is 6.13. The predicted molar refractivity (Wildman–Crippen MR) is 296 cm³/mol. The van der Waals surface area contributed by atoms with Crippen molar-refractivity contribution in [2.45, 2.75) is 20.0 Å².